The fourth-order valence-electron chi connectivity index (χ4n) is 1.76. The third kappa shape index (κ3) is 2.60. The maximum Gasteiger partial charge on any atom is 0.181 e. The fourth-order valence-corrected chi connectivity index (χ4v) is 2.30. The molecular formula is C12H12N6S. The van der Waals surface area contributed by atoms with Gasteiger partial charge in [0.05, 0.1) is 12.1 Å². The highest BCUT2D eigenvalue weighted by atomic mass is 32.1. The molecule has 0 aliphatic heterocycles. The maximum absolute atomic E-state index is 4.05. The van der Waals surface area contributed by atoms with Gasteiger partial charge in [0.25, 0.3) is 0 Å². The predicted octanol–water partition coefficient (Wildman–Crippen LogP) is 1.95. The monoisotopic (exact) mass is 272 g/mol. The first kappa shape index (κ1) is 11.8. The smallest absolute Gasteiger partial charge is 0.181 e. The van der Waals surface area contributed by atoms with Crippen molar-refractivity contribution < 1.29 is 0 Å². The van der Waals surface area contributed by atoms with Crippen LogP contribution in [0.4, 0.5) is 5.69 Å². The highest BCUT2D eigenvalue weighted by Crippen LogP contribution is 2.20. The lowest BCUT2D eigenvalue weighted by atomic mass is 10.2. The van der Waals surface area contributed by atoms with Crippen molar-refractivity contribution in [3.63, 3.8) is 0 Å². The van der Waals surface area contributed by atoms with Crippen molar-refractivity contribution in [2.75, 3.05) is 5.32 Å². The molecular weight excluding hydrogens is 260 g/mol. The third-order valence-electron chi connectivity index (χ3n) is 2.69. The fraction of sp³-hybridized carbons (Fsp3) is 0.167. The average molecular weight is 272 g/mol. The number of rotatable bonds is 4. The summed E-state index contributed by atoms with van der Waals surface area (Å²) < 4.78 is 1.66. The Morgan fingerprint density at radius 1 is 1.37 bits per heavy atom. The molecule has 7 heteroatoms. The zero-order valence-electron chi connectivity index (χ0n) is 10.3. The summed E-state index contributed by atoms with van der Waals surface area (Å²) in [5.41, 5.74) is 3.86. The van der Waals surface area contributed by atoms with Crippen molar-refractivity contribution in [2.24, 2.45) is 7.05 Å². The van der Waals surface area contributed by atoms with Gasteiger partial charge in [0.1, 0.15) is 0 Å². The predicted molar refractivity (Wildman–Crippen MR) is 73.7 cm³/mol. The lowest BCUT2D eigenvalue weighted by Gasteiger charge is -2.06. The van der Waals surface area contributed by atoms with Gasteiger partial charge in [0.2, 0.25) is 0 Å². The van der Waals surface area contributed by atoms with Gasteiger partial charge in [-0.15, -0.1) is 16.4 Å². The molecule has 0 atom stereocenters. The van der Waals surface area contributed by atoms with Crippen LogP contribution in [0, 0.1) is 0 Å². The van der Waals surface area contributed by atoms with Crippen LogP contribution >= 0.6 is 11.3 Å². The summed E-state index contributed by atoms with van der Waals surface area (Å²) in [6.45, 7) is 0.769. The van der Waals surface area contributed by atoms with E-state index < -0.39 is 0 Å². The number of benzene rings is 1. The summed E-state index contributed by atoms with van der Waals surface area (Å²) in [5.74, 6) is 0.751. The van der Waals surface area contributed by atoms with Crippen molar-refractivity contribution in [3.05, 3.63) is 40.8 Å². The van der Waals surface area contributed by atoms with Crippen molar-refractivity contribution in [2.45, 2.75) is 6.54 Å². The molecule has 0 bridgehead atoms. The minimum atomic E-state index is 0.751. The Bertz CT molecular complexity index is 660. The van der Waals surface area contributed by atoms with Crippen LogP contribution < -0.4 is 5.32 Å². The number of hydrogen-bond acceptors (Lipinski definition) is 6. The molecule has 96 valence electrons. The standard InChI is InChI=1S/C12H12N6S/c1-18-12(15-16-17-18)9-3-2-4-10(5-9)14-7-11-6-13-8-19-11/h2-6,8,14H,7H2,1H3. The lowest BCUT2D eigenvalue weighted by molar-refractivity contribution is 0.714. The summed E-state index contributed by atoms with van der Waals surface area (Å²) >= 11 is 1.64. The van der Waals surface area contributed by atoms with Crippen molar-refractivity contribution in [1.29, 1.82) is 0 Å². The summed E-state index contributed by atoms with van der Waals surface area (Å²) in [5, 5.41) is 14.9. The van der Waals surface area contributed by atoms with E-state index in [1.165, 1.54) is 4.88 Å². The molecule has 0 saturated heterocycles. The van der Waals surface area contributed by atoms with Gasteiger partial charge in [0, 0.05) is 29.4 Å². The van der Waals surface area contributed by atoms with Crippen LogP contribution in [-0.4, -0.2) is 25.2 Å². The van der Waals surface area contributed by atoms with Crippen molar-refractivity contribution in [1.82, 2.24) is 25.2 Å². The number of aryl methyl sites for hydroxylation is 1. The van der Waals surface area contributed by atoms with Crippen LogP contribution in [0.5, 0.6) is 0 Å². The zero-order valence-corrected chi connectivity index (χ0v) is 11.1. The van der Waals surface area contributed by atoms with Crippen LogP contribution in [0.3, 0.4) is 0 Å². The van der Waals surface area contributed by atoms with Gasteiger partial charge in [-0.1, -0.05) is 12.1 Å². The Morgan fingerprint density at radius 2 is 2.32 bits per heavy atom. The second-order valence-corrected chi connectivity index (χ2v) is 5.00. The Hall–Kier alpha value is -2.28. The molecule has 3 rings (SSSR count). The number of nitrogens with zero attached hydrogens (tertiary/aromatic N) is 5. The maximum atomic E-state index is 4.05. The molecule has 0 radical (unpaired) electrons. The lowest BCUT2D eigenvalue weighted by Crippen LogP contribution is -1.99. The van der Waals surface area contributed by atoms with Gasteiger partial charge in [0.15, 0.2) is 5.82 Å². The summed E-state index contributed by atoms with van der Waals surface area (Å²) in [6.07, 6.45) is 1.87. The number of hydrogen-bond donors (Lipinski definition) is 1. The molecule has 0 aliphatic carbocycles. The Kier molecular flexibility index (Phi) is 3.20. The third-order valence-corrected chi connectivity index (χ3v) is 3.47. The van der Waals surface area contributed by atoms with Crippen molar-refractivity contribution >= 4 is 17.0 Å². The molecule has 2 aromatic heterocycles. The molecule has 6 nitrogen and oxygen atoms in total. The van der Waals surface area contributed by atoms with Crippen LogP contribution in [0.1, 0.15) is 4.88 Å². The molecule has 1 N–H and O–H groups in total. The molecule has 0 amide bonds. The van der Waals surface area contributed by atoms with E-state index in [0.29, 0.717) is 0 Å². The topological polar surface area (TPSA) is 68.5 Å². The molecule has 1 aromatic carbocycles. The highest BCUT2D eigenvalue weighted by molar-refractivity contribution is 7.09. The minimum absolute atomic E-state index is 0.751. The number of anilines is 1. The summed E-state index contributed by atoms with van der Waals surface area (Å²) in [4.78, 5) is 5.25. The van der Waals surface area contributed by atoms with Crippen molar-refractivity contribution in [3.8, 4) is 11.4 Å². The van der Waals surface area contributed by atoms with E-state index in [2.05, 4.69) is 25.8 Å². The number of aromatic nitrogens is 5. The van der Waals surface area contributed by atoms with E-state index >= 15 is 0 Å². The first-order valence-electron chi connectivity index (χ1n) is 5.77. The van der Waals surface area contributed by atoms with Gasteiger partial charge in [-0.25, -0.2) is 4.68 Å². The zero-order chi connectivity index (χ0) is 13.1. The highest BCUT2D eigenvalue weighted by Gasteiger charge is 2.06. The molecule has 2 heterocycles. The summed E-state index contributed by atoms with van der Waals surface area (Å²) in [7, 11) is 1.83. The first-order valence-corrected chi connectivity index (χ1v) is 6.65. The van der Waals surface area contributed by atoms with Gasteiger partial charge < -0.3 is 5.32 Å². The minimum Gasteiger partial charge on any atom is -0.380 e. The van der Waals surface area contributed by atoms with Crippen LogP contribution in [0.15, 0.2) is 36.0 Å². The first-order chi connectivity index (χ1) is 9.33. The quantitative estimate of drug-likeness (QED) is 0.786. The SMILES string of the molecule is Cn1nnnc1-c1cccc(NCc2cncs2)c1. The molecule has 0 saturated carbocycles. The number of thiazole rings is 1. The second-order valence-electron chi connectivity index (χ2n) is 4.03. The Balaban J connectivity index is 1.78. The Morgan fingerprint density at radius 3 is 3.05 bits per heavy atom. The van der Waals surface area contributed by atoms with Gasteiger partial charge in [-0.3, -0.25) is 4.98 Å². The average Bonchev–Trinajstić information content (AvgIpc) is 3.08. The van der Waals surface area contributed by atoms with Gasteiger partial charge in [-0.2, -0.15) is 0 Å². The number of nitrogens with one attached hydrogen (secondary N) is 1. The molecule has 0 spiro atoms. The van der Waals surface area contributed by atoms with E-state index in [1.807, 2.05) is 43.0 Å². The van der Waals surface area contributed by atoms with E-state index in [1.54, 1.807) is 16.0 Å². The van der Waals surface area contributed by atoms with Gasteiger partial charge in [-0.05, 0) is 22.6 Å². The van der Waals surface area contributed by atoms with E-state index in [-0.39, 0.29) is 0 Å². The molecule has 0 unspecified atom stereocenters. The normalized spacial score (nSPS) is 10.6. The van der Waals surface area contributed by atoms with Crippen LogP contribution in [0.2, 0.25) is 0 Å². The van der Waals surface area contributed by atoms with E-state index in [9.17, 15) is 0 Å². The van der Waals surface area contributed by atoms with Crippen LogP contribution in [0.25, 0.3) is 11.4 Å². The molecule has 0 fully saturated rings. The van der Waals surface area contributed by atoms with Crippen LogP contribution in [-0.2, 0) is 13.6 Å². The Labute approximate surface area is 114 Å². The van der Waals surface area contributed by atoms with Gasteiger partial charge >= 0.3 is 0 Å². The second kappa shape index (κ2) is 5.15. The van der Waals surface area contributed by atoms with E-state index in [0.717, 1.165) is 23.6 Å². The molecule has 19 heavy (non-hydrogen) atoms. The molecule has 3 aromatic rings. The largest absolute Gasteiger partial charge is 0.380 e. The molecule has 0 aliphatic rings. The summed E-state index contributed by atoms with van der Waals surface area (Å²) in [6, 6.07) is 8.03. The number of tetrazole rings is 1. The van der Waals surface area contributed by atoms with E-state index in [4.69, 9.17) is 0 Å².